The molecule has 2 aromatic carbocycles. The van der Waals surface area contributed by atoms with E-state index in [4.69, 9.17) is 14.5 Å². The van der Waals surface area contributed by atoms with Gasteiger partial charge in [0.1, 0.15) is 12.4 Å². The van der Waals surface area contributed by atoms with Crippen molar-refractivity contribution in [3.8, 4) is 0 Å². The largest absolute Gasteiger partial charge is 0.496 e. The fourth-order valence-corrected chi connectivity index (χ4v) is 5.62. The average molecular weight is 388 g/mol. The minimum absolute atomic E-state index is 0.183. The molecule has 2 aromatic rings. The van der Waals surface area contributed by atoms with Gasteiger partial charge in [-0.15, -0.1) is 0 Å². The van der Waals surface area contributed by atoms with Crippen LogP contribution in [-0.4, -0.2) is 25.2 Å². The van der Waals surface area contributed by atoms with Gasteiger partial charge < -0.3 is 9.47 Å². The van der Waals surface area contributed by atoms with E-state index in [1.807, 2.05) is 7.11 Å². The van der Waals surface area contributed by atoms with Gasteiger partial charge in [0.05, 0.1) is 18.1 Å². The molecule has 150 valence electrons. The quantitative estimate of drug-likeness (QED) is 0.689. The summed E-state index contributed by atoms with van der Waals surface area (Å²) in [5.74, 6) is 2.35. The lowest BCUT2D eigenvalue weighted by molar-refractivity contribution is 0.239. The van der Waals surface area contributed by atoms with Gasteiger partial charge in [-0.1, -0.05) is 54.6 Å². The number of allylic oxidation sites excluding steroid dienone is 1. The van der Waals surface area contributed by atoms with Gasteiger partial charge in [0.15, 0.2) is 5.90 Å². The van der Waals surface area contributed by atoms with Gasteiger partial charge in [-0.2, -0.15) is 0 Å². The SMILES string of the molecule is COC1=C2CCC[C@@H]2[C@@](Cc2ccccc2)(C2=NC(C)(C)CO2)c2ccccc21. The zero-order valence-electron chi connectivity index (χ0n) is 17.6. The van der Waals surface area contributed by atoms with E-state index in [-0.39, 0.29) is 11.0 Å². The molecule has 1 heterocycles. The maximum absolute atomic E-state index is 6.40. The Kier molecular flexibility index (Phi) is 4.31. The third kappa shape index (κ3) is 2.82. The number of benzene rings is 2. The van der Waals surface area contributed by atoms with Crippen LogP contribution in [0.3, 0.4) is 0 Å². The fraction of sp³-hybridized carbons (Fsp3) is 0.423. The molecule has 2 aliphatic carbocycles. The second-order valence-electron chi connectivity index (χ2n) is 9.20. The van der Waals surface area contributed by atoms with Crippen molar-refractivity contribution in [1.82, 2.24) is 0 Å². The first-order valence-corrected chi connectivity index (χ1v) is 10.7. The summed E-state index contributed by atoms with van der Waals surface area (Å²) in [5.41, 5.74) is 4.81. The highest BCUT2D eigenvalue weighted by molar-refractivity contribution is 5.95. The van der Waals surface area contributed by atoms with Crippen molar-refractivity contribution in [1.29, 1.82) is 0 Å². The highest BCUT2D eigenvalue weighted by Crippen LogP contribution is 2.56. The third-order valence-electron chi connectivity index (χ3n) is 6.78. The van der Waals surface area contributed by atoms with Gasteiger partial charge in [-0.3, -0.25) is 0 Å². The second-order valence-corrected chi connectivity index (χ2v) is 9.20. The molecule has 3 aliphatic rings. The molecule has 2 atom stereocenters. The molecule has 0 aromatic heterocycles. The highest BCUT2D eigenvalue weighted by Gasteiger charge is 2.55. The van der Waals surface area contributed by atoms with E-state index in [9.17, 15) is 0 Å². The monoisotopic (exact) mass is 387 g/mol. The van der Waals surface area contributed by atoms with Gasteiger partial charge in [0, 0.05) is 11.5 Å². The molecule has 3 heteroatoms. The topological polar surface area (TPSA) is 30.8 Å². The first kappa shape index (κ1) is 18.5. The van der Waals surface area contributed by atoms with Crippen molar-refractivity contribution in [2.45, 2.75) is 50.5 Å². The molecule has 0 N–H and O–H groups in total. The Morgan fingerprint density at radius 2 is 1.83 bits per heavy atom. The molecule has 0 unspecified atom stereocenters. The number of hydrogen-bond donors (Lipinski definition) is 0. The molecule has 1 aliphatic heterocycles. The summed E-state index contributed by atoms with van der Waals surface area (Å²) >= 11 is 0. The summed E-state index contributed by atoms with van der Waals surface area (Å²) in [6, 6.07) is 19.5. The van der Waals surface area contributed by atoms with E-state index in [1.165, 1.54) is 28.7 Å². The Morgan fingerprint density at radius 3 is 2.55 bits per heavy atom. The van der Waals surface area contributed by atoms with Crippen molar-refractivity contribution in [2.75, 3.05) is 13.7 Å². The van der Waals surface area contributed by atoms with Crippen LogP contribution in [0.15, 0.2) is 65.2 Å². The van der Waals surface area contributed by atoms with E-state index >= 15 is 0 Å². The molecule has 0 spiro atoms. The van der Waals surface area contributed by atoms with E-state index in [0.717, 1.165) is 30.9 Å². The summed E-state index contributed by atoms with van der Waals surface area (Å²) in [5, 5.41) is 0. The molecule has 0 radical (unpaired) electrons. The van der Waals surface area contributed by atoms with Crippen molar-refractivity contribution in [3.05, 3.63) is 76.9 Å². The fourth-order valence-electron chi connectivity index (χ4n) is 5.62. The van der Waals surface area contributed by atoms with Gasteiger partial charge in [0.25, 0.3) is 0 Å². The predicted molar refractivity (Wildman–Crippen MR) is 117 cm³/mol. The zero-order valence-corrected chi connectivity index (χ0v) is 17.6. The molecule has 0 saturated heterocycles. The van der Waals surface area contributed by atoms with Crippen LogP contribution in [-0.2, 0) is 21.3 Å². The van der Waals surface area contributed by atoms with Crippen LogP contribution in [0.5, 0.6) is 0 Å². The van der Waals surface area contributed by atoms with Gasteiger partial charge in [0.2, 0.25) is 0 Å². The summed E-state index contributed by atoms with van der Waals surface area (Å²) in [7, 11) is 1.81. The lowest BCUT2D eigenvalue weighted by atomic mass is 9.60. The van der Waals surface area contributed by atoms with E-state index < -0.39 is 0 Å². The normalized spacial score (nSPS) is 27.1. The number of hydrogen-bond acceptors (Lipinski definition) is 3. The van der Waals surface area contributed by atoms with Crippen LogP contribution in [0.25, 0.3) is 5.76 Å². The molecule has 1 saturated carbocycles. The molecular formula is C26H29NO2. The van der Waals surface area contributed by atoms with Crippen LogP contribution in [0.1, 0.15) is 49.8 Å². The number of nitrogens with zero attached hydrogens (tertiary/aromatic N) is 1. The van der Waals surface area contributed by atoms with Crippen LogP contribution in [0.4, 0.5) is 0 Å². The summed E-state index contributed by atoms with van der Waals surface area (Å²) in [6.07, 6.45) is 4.32. The van der Waals surface area contributed by atoms with Crippen LogP contribution >= 0.6 is 0 Å². The second kappa shape index (κ2) is 6.76. The van der Waals surface area contributed by atoms with E-state index in [1.54, 1.807) is 0 Å². The Balaban J connectivity index is 1.79. The lowest BCUT2D eigenvalue weighted by Gasteiger charge is -2.44. The first-order chi connectivity index (χ1) is 14.0. The highest BCUT2D eigenvalue weighted by atomic mass is 16.5. The summed E-state index contributed by atoms with van der Waals surface area (Å²) in [4.78, 5) is 5.15. The van der Waals surface area contributed by atoms with Gasteiger partial charge in [-0.05, 0) is 56.2 Å². The van der Waals surface area contributed by atoms with Crippen LogP contribution < -0.4 is 0 Å². The first-order valence-electron chi connectivity index (χ1n) is 10.7. The molecule has 5 rings (SSSR count). The summed E-state index contributed by atoms with van der Waals surface area (Å²) in [6.45, 7) is 4.97. The van der Waals surface area contributed by atoms with Gasteiger partial charge in [-0.25, -0.2) is 4.99 Å². The average Bonchev–Trinajstić information content (AvgIpc) is 3.36. The lowest BCUT2D eigenvalue weighted by Crippen LogP contribution is -2.47. The van der Waals surface area contributed by atoms with Crippen LogP contribution in [0, 0.1) is 5.92 Å². The Labute approximate surface area is 173 Å². The molecule has 1 fully saturated rings. The molecule has 29 heavy (non-hydrogen) atoms. The van der Waals surface area contributed by atoms with Crippen molar-refractivity contribution >= 4 is 11.7 Å². The molecule has 3 nitrogen and oxygen atoms in total. The predicted octanol–water partition coefficient (Wildman–Crippen LogP) is 5.55. The Bertz CT molecular complexity index is 989. The van der Waals surface area contributed by atoms with Crippen LogP contribution in [0.2, 0.25) is 0 Å². The zero-order chi connectivity index (χ0) is 20.1. The minimum atomic E-state index is -0.278. The molecular weight excluding hydrogens is 358 g/mol. The molecule has 0 bridgehead atoms. The summed E-state index contributed by atoms with van der Waals surface area (Å²) < 4.78 is 12.4. The number of fused-ring (bicyclic) bond motifs is 2. The Morgan fingerprint density at radius 1 is 1.07 bits per heavy atom. The van der Waals surface area contributed by atoms with Crippen molar-refractivity contribution in [3.63, 3.8) is 0 Å². The number of ether oxygens (including phenoxy) is 2. The van der Waals surface area contributed by atoms with E-state index in [2.05, 4.69) is 68.4 Å². The third-order valence-corrected chi connectivity index (χ3v) is 6.78. The Hall–Kier alpha value is -2.55. The smallest absolute Gasteiger partial charge is 0.195 e. The van der Waals surface area contributed by atoms with E-state index in [0.29, 0.717) is 12.5 Å². The van der Waals surface area contributed by atoms with Crippen molar-refractivity contribution < 1.29 is 9.47 Å². The number of rotatable bonds is 4. The number of methoxy groups -OCH3 is 1. The minimum Gasteiger partial charge on any atom is -0.496 e. The molecule has 0 amide bonds. The van der Waals surface area contributed by atoms with Gasteiger partial charge >= 0.3 is 0 Å². The maximum atomic E-state index is 6.40. The maximum Gasteiger partial charge on any atom is 0.195 e. The number of aliphatic imine (C=N–C) groups is 1. The standard InChI is InChI=1S/C26H29NO2/c1-25(2)17-29-24(27-25)26(16-18-10-5-4-6-11-18)21-14-8-7-12-19(21)23(28-3)20-13-9-15-22(20)26/h4-8,10-12,14,22H,9,13,15-17H2,1-3H3/t22-,26-/m0/s1. The van der Waals surface area contributed by atoms with Crippen molar-refractivity contribution in [2.24, 2.45) is 10.9 Å².